The SMILES string of the molecule is CCCN(Cc1nnc(-c2cccs2)o1)C(=O)CN(C)Cc1ccccc1C. The standard InChI is InChI=1S/C21H26N4O2S/c1-4-11-25(14-19-22-23-21(27-19)18-10-7-12-28-18)20(26)15-24(3)13-17-9-6-5-8-16(17)2/h5-10,12H,4,11,13-15H2,1-3H3. The van der Waals surface area contributed by atoms with Crippen LogP contribution < -0.4 is 0 Å². The maximum atomic E-state index is 12.9. The molecule has 0 aliphatic heterocycles. The van der Waals surface area contributed by atoms with Crippen LogP contribution in [0.4, 0.5) is 0 Å². The number of likely N-dealkylation sites (N-methyl/N-ethyl adjacent to an activating group) is 1. The zero-order valence-electron chi connectivity index (χ0n) is 16.6. The lowest BCUT2D eigenvalue weighted by Crippen LogP contribution is -2.39. The molecule has 1 aromatic carbocycles. The molecule has 0 aliphatic rings. The lowest BCUT2D eigenvalue weighted by molar-refractivity contribution is -0.133. The fraction of sp³-hybridized carbons (Fsp3) is 0.381. The lowest BCUT2D eigenvalue weighted by Gasteiger charge is -2.24. The van der Waals surface area contributed by atoms with Crippen molar-refractivity contribution in [2.75, 3.05) is 20.1 Å². The molecule has 3 aromatic rings. The molecule has 0 saturated carbocycles. The van der Waals surface area contributed by atoms with Gasteiger partial charge < -0.3 is 9.32 Å². The number of rotatable bonds is 9. The van der Waals surface area contributed by atoms with Crippen LogP contribution in [0, 0.1) is 6.92 Å². The van der Waals surface area contributed by atoms with Gasteiger partial charge in [0, 0.05) is 13.1 Å². The summed E-state index contributed by atoms with van der Waals surface area (Å²) >= 11 is 1.55. The monoisotopic (exact) mass is 398 g/mol. The molecule has 148 valence electrons. The number of benzene rings is 1. The molecule has 0 bridgehead atoms. The van der Waals surface area contributed by atoms with Gasteiger partial charge in [0.05, 0.1) is 18.0 Å². The number of carbonyl (C=O) groups excluding carboxylic acids is 1. The van der Waals surface area contributed by atoms with Crippen molar-refractivity contribution in [3.63, 3.8) is 0 Å². The Morgan fingerprint density at radius 1 is 1.14 bits per heavy atom. The zero-order valence-corrected chi connectivity index (χ0v) is 17.4. The van der Waals surface area contributed by atoms with Gasteiger partial charge in [-0.05, 0) is 43.0 Å². The van der Waals surface area contributed by atoms with Gasteiger partial charge in [-0.15, -0.1) is 21.5 Å². The summed E-state index contributed by atoms with van der Waals surface area (Å²) in [6.45, 7) is 6.23. The number of carbonyl (C=O) groups is 1. The molecule has 2 heterocycles. The molecule has 0 spiro atoms. The molecule has 28 heavy (non-hydrogen) atoms. The molecule has 0 atom stereocenters. The van der Waals surface area contributed by atoms with Crippen LogP contribution in [-0.2, 0) is 17.9 Å². The highest BCUT2D eigenvalue weighted by Crippen LogP contribution is 2.23. The minimum atomic E-state index is 0.0637. The Morgan fingerprint density at radius 2 is 1.96 bits per heavy atom. The molecular weight excluding hydrogens is 372 g/mol. The minimum absolute atomic E-state index is 0.0637. The number of nitrogens with zero attached hydrogens (tertiary/aromatic N) is 4. The van der Waals surface area contributed by atoms with E-state index in [4.69, 9.17) is 4.42 Å². The first-order valence-corrected chi connectivity index (χ1v) is 10.3. The molecular formula is C21H26N4O2S. The van der Waals surface area contributed by atoms with Crippen molar-refractivity contribution in [3.05, 3.63) is 58.8 Å². The van der Waals surface area contributed by atoms with Gasteiger partial charge in [0.25, 0.3) is 5.89 Å². The average Bonchev–Trinajstić information content (AvgIpc) is 3.34. The highest BCUT2D eigenvalue weighted by atomic mass is 32.1. The van der Waals surface area contributed by atoms with Crippen molar-refractivity contribution in [1.29, 1.82) is 0 Å². The molecule has 1 amide bonds. The molecule has 7 heteroatoms. The van der Waals surface area contributed by atoms with E-state index >= 15 is 0 Å². The average molecular weight is 399 g/mol. The van der Waals surface area contributed by atoms with Gasteiger partial charge in [-0.25, -0.2) is 0 Å². The second-order valence-corrected chi connectivity index (χ2v) is 7.84. The maximum absolute atomic E-state index is 12.9. The van der Waals surface area contributed by atoms with E-state index in [0.717, 1.165) is 17.8 Å². The third kappa shape index (κ3) is 5.27. The summed E-state index contributed by atoms with van der Waals surface area (Å²) in [6.07, 6.45) is 0.874. The predicted octanol–water partition coefficient (Wildman–Crippen LogP) is 3.98. The van der Waals surface area contributed by atoms with Gasteiger partial charge in [0.15, 0.2) is 0 Å². The highest BCUT2D eigenvalue weighted by molar-refractivity contribution is 7.13. The van der Waals surface area contributed by atoms with Crippen LogP contribution in [0.5, 0.6) is 0 Å². The van der Waals surface area contributed by atoms with Gasteiger partial charge >= 0.3 is 0 Å². The van der Waals surface area contributed by atoms with Crippen LogP contribution in [0.2, 0.25) is 0 Å². The molecule has 0 aliphatic carbocycles. The Balaban J connectivity index is 1.61. The van der Waals surface area contributed by atoms with E-state index in [-0.39, 0.29) is 5.91 Å². The molecule has 0 N–H and O–H groups in total. The molecule has 0 radical (unpaired) electrons. The van der Waals surface area contributed by atoms with E-state index < -0.39 is 0 Å². The minimum Gasteiger partial charge on any atom is -0.418 e. The summed E-state index contributed by atoms with van der Waals surface area (Å²) in [5, 5.41) is 10.2. The van der Waals surface area contributed by atoms with E-state index in [2.05, 4.69) is 36.2 Å². The summed E-state index contributed by atoms with van der Waals surface area (Å²) in [5.41, 5.74) is 2.47. The molecule has 3 rings (SSSR count). The first-order chi connectivity index (χ1) is 13.6. The summed E-state index contributed by atoms with van der Waals surface area (Å²) in [5.74, 6) is 1.03. The zero-order chi connectivity index (χ0) is 19.9. The molecule has 6 nitrogen and oxygen atoms in total. The van der Waals surface area contributed by atoms with Crippen molar-refractivity contribution < 1.29 is 9.21 Å². The fourth-order valence-corrected chi connectivity index (χ4v) is 3.65. The normalized spacial score (nSPS) is 11.1. The Labute approximate surface area is 169 Å². The Hall–Kier alpha value is -2.51. The quantitative estimate of drug-likeness (QED) is 0.546. The Kier molecular flexibility index (Phi) is 6.95. The maximum Gasteiger partial charge on any atom is 0.257 e. The van der Waals surface area contributed by atoms with Gasteiger partial charge in [-0.1, -0.05) is 37.3 Å². The second-order valence-electron chi connectivity index (χ2n) is 6.89. The Morgan fingerprint density at radius 3 is 2.68 bits per heavy atom. The largest absolute Gasteiger partial charge is 0.418 e. The van der Waals surface area contributed by atoms with E-state index in [1.807, 2.05) is 41.6 Å². The number of aromatic nitrogens is 2. The highest BCUT2D eigenvalue weighted by Gasteiger charge is 2.19. The van der Waals surface area contributed by atoms with Crippen molar-refractivity contribution in [2.45, 2.75) is 33.4 Å². The van der Waals surface area contributed by atoms with Crippen LogP contribution in [0.15, 0.2) is 46.2 Å². The van der Waals surface area contributed by atoms with Crippen molar-refractivity contribution in [3.8, 4) is 10.8 Å². The van der Waals surface area contributed by atoms with Crippen molar-refractivity contribution in [2.24, 2.45) is 0 Å². The molecule has 0 saturated heterocycles. The lowest BCUT2D eigenvalue weighted by atomic mass is 10.1. The van der Waals surface area contributed by atoms with E-state index in [0.29, 0.717) is 31.4 Å². The van der Waals surface area contributed by atoms with E-state index in [9.17, 15) is 4.79 Å². The van der Waals surface area contributed by atoms with Crippen LogP contribution in [0.1, 0.15) is 30.4 Å². The first kappa shape index (κ1) is 20.2. The number of hydrogen-bond donors (Lipinski definition) is 0. The topological polar surface area (TPSA) is 62.5 Å². The molecule has 2 aromatic heterocycles. The van der Waals surface area contributed by atoms with Gasteiger partial charge in [-0.2, -0.15) is 0 Å². The molecule has 0 unspecified atom stereocenters. The van der Waals surface area contributed by atoms with Crippen LogP contribution in [0.3, 0.4) is 0 Å². The molecule has 0 fully saturated rings. The van der Waals surface area contributed by atoms with Crippen LogP contribution in [0.25, 0.3) is 10.8 Å². The van der Waals surface area contributed by atoms with Gasteiger partial charge in [0.2, 0.25) is 11.8 Å². The predicted molar refractivity (Wildman–Crippen MR) is 111 cm³/mol. The van der Waals surface area contributed by atoms with Crippen LogP contribution >= 0.6 is 11.3 Å². The van der Waals surface area contributed by atoms with E-state index in [1.165, 1.54) is 11.1 Å². The third-order valence-corrected chi connectivity index (χ3v) is 5.34. The fourth-order valence-electron chi connectivity index (χ4n) is 3.01. The summed E-state index contributed by atoms with van der Waals surface area (Å²) in [4.78, 5) is 17.6. The van der Waals surface area contributed by atoms with Crippen LogP contribution in [-0.4, -0.2) is 46.0 Å². The first-order valence-electron chi connectivity index (χ1n) is 9.44. The third-order valence-electron chi connectivity index (χ3n) is 4.48. The number of hydrogen-bond acceptors (Lipinski definition) is 6. The summed E-state index contributed by atoms with van der Waals surface area (Å²) in [7, 11) is 1.97. The second kappa shape index (κ2) is 9.61. The van der Waals surface area contributed by atoms with E-state index in [1.54, 1.807) is 16.2 Å². The summed E-state index contributed by atoms with van der Waals surface area (Å²) < 4.78 is 5.75. The number of aryl methyl sites for hydroxylation is 1. The van der Waals surface area contributed by atoms with Gasteiger partial charge in [0.1, 0.15) is 0 Å². The Bertz CT molecular complexity index is 891. The number of thiophene rings is 1. The van der Waals surface area contributed by atoms with Crippen molar-refractivity contribution in [1.82, 2.24) is 20.0 Å². The summed E-state index contributed by atoms with van der Waals surface area (Å²) in [6, 6.07) is 12.1. The van der Waals surface area contributed by atoms with Crippen molar-refractivity contribution >= 4 is 17.2 Å². The van der Waals surface area contributed by atoms with Gasteiger partial charge in [-0.3, -0.25) is 9.69 Å². The smallest absolute Gasteiger partial charge is 0.257 e. The number of amides is 1.